The Bertz CT molecular complexity index is 493. The third kappa shape index (κ3) is 14.0. The summed E-state index contributed by atoms with van der Waals surface area (Å²) < 4.78 is 18.0. The molecule has 0 fully saturated rings. The van der Waals surface area contributed by atoms with E-state index in [0.717, 1.165) is 104 Å². The molecule has 0 bridgehead atoms. The van der Waals surface area contributed by atoms with Gasteiger partial charge in [-0.2, -0.15) is 0 Å². The molecule has 0 rings (SSSR count). The van der Waals surface area contributed by atoms with E-state index in [9.17, 15) is 19.8 Å². The van der Waals surface area contributed by atoms with Crippen LogP contribution < -0.4 is 0 Å². The number of hydrogen-bond donors (Lipinski definition) is 2. The van der Waals surface area contributed by atoms with Crippen molar-refractivity contribution < 1.29 is 26.0 Å². The Morgan fingerprint density at radius 3 is 0.861 bits per heavy atom. The predicted octanol–water partition coefficient (Wildman–Crippen LogP) is 7.49. The molecule has 2 atom stereocenters. The molecule has 6 nitrogen and oxygen atoms in total. The number of carbonyl (C=O) groups is 2. The Hall–Kier alpha value is 0.457. The van der Waals surface area contributed by atoms with Gasteiger partial charge in [-0.05, 0) is 0 Å². The minimum absolute atomic E-state index is 0.810. The SMILES string of the molecule is CCC[CH2][Sn]([CH2]CCC)([CH2]CCC)[O]C(=O)[C@@H](O)[C@@H](O)C(=O)[O][Sn]([CH2]CCC)([CH2]CCC)[CH2]CCC. The number of aliphatic hydroxyl groups is 2. The van der Waals surface area contributed by atoms with Gasteiger partial charge in [0, 0.05) is 0 Å². The van der Waals surface area contributed by atoms with Gasteiger partial charge in [-0.25, -0.2) is 0 Å². The molecule has 0 aliphatic rings. The van der Waals surface area contributed by atoms with Crippen LogP contribution in [0.25, 0.3) is 0 Å². The number of hydrogen-bond acceptors (Lipinski definition) is 6. The number of rotatable bonds is 23. The van der Waals surface area contributed by atoms with Gasteiger partial charge in [-0.15, -0.1) is 0 Å². The van der Waals surface area contributed by atoms with E-state index in [-0.39, 0.29) is 0 Å². The molecular weight excluding hydrogens is 670 g/mol. The molecule has 0 aliphatic carbocycles. The summed E-state index contributed by atoms with van der Waals surface area (Å²) in [7, 11) is 0. The monoisotopic (exact) mass is 730 g/mol. The van der Waals surface area contributed by atoms with Gasteiger partial charge in [0.05, 0.1) is 0 Å². The first kappa shape index (κ1) is 36.5. The summed E-state index contributed by atoms with van der Waals surface area (Å²) in [5.41, 5.74) is 0. The molecule has 0 spiro atoms. The quantitative estimate of drug-likeness (QED) is 0.106. The van der Waals surface area contributed by atoms with Crippen LogP contribution in [0.2, 0.25) is 26.6 Å². The van der Waals surface area contributed by atoms with E-state index in [1.165, 1.54) is 0 Å². The third-order valence-corrected chi connectivity index (χ3v) is 32.6. The van der Waals surface area contributed by atoms with Gasteiger partial charge in [-0.3, -0.25) is 0 Å². The molecular formula is C28H58O6Sn2. The zero-order valence-corrected chi connectivity index (χ0v) is 30.1. The van der Waals surface area contributed by atoms with Crippen LogP contribution in [0.3, 0.4) is 0 Å². The van der Waals surface area contributed by atoms with Crippen LogP contribution in [-0.2, 0) is 15.7 Å². The second-order valence-corrected chi connectivity index (χ2v) is 34.0. The van der Waals surface area contributed by atoms with E-state index >= 15 is 0 Å². The molecule has 0 aromatic carbocycles. The van der Waals surface area contributed by atoms with Crippen molar-refractivity contribution in [1.29, 1.82) is 0 Å². The zero-order chi connectivity index (χ0) is 27.5. The second kappa shape index (κ2) is 21.3. The van der Waals surface area contributed by atoms with Gasteiger partial charge in [-0.1, -0.05) is 0 Å². The molecule has 0 unspecified atom stereocenters. The van der Waals surface area contributed by atoms with E-state index in [1.807, 2.05) is 0 Å². The summed E-state index contributed by atoms with van der Waals surface area (Å²) in [6.07, 6.45) is 8.57. The van der Waals surface area contributed by atoms with Crippen LogP contribution in [0.15, 0.2) is 0 Å². The fourth-order valence-electron chi connectivity index (χ4n) is 4.86. The Balaban J connectivity index is 5.63. The Morgan fingerprint density at radius 1 is 0.500 bits per heavy atom. The summed E-state index contributed by atoms with van der Waals surface area (Å²) >= 11 is -6.66. The van der Waals surface area contributed by atoms with Crippen molar-refractivity contribution in [2.24, 2.45) is 0 Å². The number of aliphatic hydroxyl groups excluding tert-OH is 2. The molecule has 0 saturated carbocycles. The van der Waals surface area contributed by atoms with Crippen molar-refractivity contribution in [2.75, 3.05) is 0 Å². The Labute approximate surface area is 231 Å². The summed E-state index contributed by atoms with van der Waals surface area (Å²) in [5.74, 6) is -1.62. The Morgan fingerprint density at radius 2 is 0.694 bits per heavy atom. The second-order valence-electron chi connectivity index (χ2n) is 10.7. The molecule has 0 heterocycles. The van der Waals surface area contributed by atoms with E-state index in [4.69, 9.17) is 6.15 Å². The molecule has 0 radical (unpaired) electrons. The zero-order valence-electron chi connectivity index (χ0n) is 24.4. The normalized spacial score (nSPS) is 13.9. The molecule has 0 amide bonds. The average Bonchev–Trinajstić information content (AvgIpc) is 2.89. The van der Waals surface area contributed by atoms with Gasteiger partial charge in [0.1, 0.15) is 0 Å². The topological polar surface area (TPSA) is 93.1 Å². The van der Waals surface area contributed by atoms with Gasteiger partial charge in [0.15, 0.2) is 0 Å². The molecule has 2 N–H and O–H groups in total. The summed E-state index contributed by atoms with van der Waals surface area (Å²) in [4.78, 5) is 26.2. The van der Waals surface area contributed by atoms with Crippen molar-refractivity contribution in [3.8, 4) is 0 Å². The van der Waals surface area contributed by atoms with Crippen molar-refractivity contribution in [3.05, 3.63) is 0 Å². The maximum absolute atomic E-state index is 13.1. The molecule has 0 saturated heterocycles. The van der Waals surface area contributed by atoms with E-state index in [1.54, 1.807) is 0 Å². The first-order chi connectivity index (χ1) is 17.2. The van der Waals surface area contributed by atoms with Crippen molar-refractivity contribution in [2.45, 2.75) is 157 Å². The van der Waals surface area contributed by atoms with Crippen molar-refractivity contribution in [1.82, 2.24) is 0 Å². The first-order valence-corrected chi connectivity index (χ1v) is 29.5. The van der Waals surface area contributed by atoms with Crippen LogP contribution in [0, 0.1) is 0 Å². The van der Waals surface area contributed by atoms with Gasteiger partial charge < -0.3 is 0 Å². The van der Waals surface area contributed by atoms with Crippen LogP contribution >= 0.6 is 0 Å². The van der Waals surface area contributed by atoms with Crippen LogP contribution in [-0.4, -0.2) is 71.9 Å². The van der Waals surface area contributed by atoms with Gasteiger partial charge in [0.25, 0.3) is 0 Å². The fraction of sp³-hybridized carbons (Fsp3) is 0.929. The third-order valence-electron chi connectivity index (χ3n) is 7.33. The van der Waals surface area contributed by atoms with Crippen molar-refractivity contribution in [3.63, 3.8) is 0 Å². The maximum atomic E-state index is 13.1. The summed E-state index contributed by atoms with van der Waals surface area (Å²) in [5, 5.41) is 21.5. The molecule has 8 heteroatoms. The molecule has 0 aromatic rings. The number of unbranched alkanes of at least 4 members (excludes halogenated alkanes) is 6. The molecule has 36 heavy (non-hydrogen) atoms. The Kier molecular flexibility index (Phi) is 21.6. The summed E-state index contributed by atoms with van der Waals surface area (Å²) in [6.45, 7) is 12.8. The minimum atomic E-state index is -3.33. The first-order valence-electron chi connectivity index (χ1n) is 15.0. The predicted molar refractivity (Wildman–Crippen MR) is 154 cm³/mol. The summed E-state index contributed by atoms with van der Waals surface area (Å²) in [6, 6.07) is 0. The van der Waals surface area contributed by atoms with Crippen molar-refractivity contribution >= 4 is 49.5 Å². The number of carbonyl (C=O) groups excluding carboxylic acids is 2. The molecule has 214 valence electrons. The van der Waals surface area contributed by atoms with Gasteiger partial charge >= 0.3 is 233 Å². The molecule has 0 aromatic heterocycles. The standard InChI is InChI=1S/C4H6O6.6C4H9.2Sn/c5-1(3(7)8)2(6)4(9)10;6*1-3-4-2;;/h1-2,5-6H,(H,7,8)(H,9,10);6*1,3-4H2,2H3;;/q;;;;;;;2*+1/p-2/t1-,2+;;;;;;;;. The van der Waals surface area contributed by atoms with Crippen LogP contribution in [0.4, 0.5) is 0 Å². The van der Waals surface area contributed by atoms with Gasteiger partial charge in [0.2, 0.25) is 0 Å². The van der Waals surface area contributed by atoms with E-state index in [0.29, 0.717) is 0 Å². The van der Waals surface area contributed by atoms with Crippen LogP contribution in [0.1, 0.15) is 119 Å². The average molecular weight is 728 g/mol. The van der Waals surface area contributed by atoms with E-state index in [2.05, 4.69) is 41.5 Å². The van der Waals surface area contributed by atoms with E-state index < -0.39 is 61.7 Å². The molecule has 0 aliphatic heterocycles. The fourth-order valence-corrected chi connectivity index (χ4v) is 31.1. The van der Waals surface area contributed by atoms with Crippen LogP contribution in [0.5, 0.6) is 0 Å².